The van der Waals surface area contributed by atoms with Gasteiger partial charge in [0.1, 0.15) is 5.75 Å². The molecule has 41 heavy (non-hydrogen) atoms. The normalized spacial score (nSPS) is 36.6. The van der Waals surface area contributed by atoms with Crippen LogP contribution in [0.2, 0.25) is 0 Å². The van der Waals surface area contributed by atoms with Crippen LogP contribution in [0.5, 0.6) is 5.75 Å². The second-order valence-electron chi connectivity index (χ2n) is 14.3. The van der Waals surface area contributed by atoms with E-state index in [0.29, 0.717) is 24.6 Å². The van der Waals surface area contributed by atoms with Gasteiger partial charge in [0, 0.05) is 30.3 Å². The summed E-state index contributed by atoms with van der Waals surface area (Å²) in [5.41, 5.74) is 1.38. The Morgan fingerprint density at radius 3 is 2.54 bits per heavy atom. The van der Waals surface area contributed by atoms with Crippen molar-refractivity contribution in [1.82, 2.24) is 5.32 Å². The fourth-order valence-corrected chi connectivity index (χ4v) is 10.5. The van der Waals surface area contributed by atoms with Gasteiger partial charge >= 0.3 is 0 Å². The summed E-state index contributed by atoms with van der Waals surface area (Å²) in [7, 11) is 0. The Labute approximate surface area is 249 Å². The molecule has 4 aliphatic carbocycles. The van der Waals surface area contributed by atoms with Crippen molar-refractivity contribution in [1.29, 1.82) is 0 Å². The second-order valence-corrected chi connectivity index (χ2v) is 14.3. The van der Waals surface area contributed by atoms with Crippen molar-refractivity contribution in [2.45, 2.75) is 135 Å². The second kappa shape index (κ2) is 12.8. The molecule has 1 aromatic carbocycles. The molecule has 4 saturated carbocycles. The molecule has 2 N–H and O–H groups in total. The Morgan fingerprint density at radius 2 is 1.76 bits per heavy atom. The Morgan fingerprint density at radius 1 is 0.951 bits per heavy atom. The van der Waals surface area contributed by atoms with Gasteiger partial charge in [-0.15, -0.1) is 0 Å². The lowest BCUT2D eigenvalue weighted by atomic mass is 9.49. The maximum atomic E-state index is 11.4. The van der Waals surface area contributed by atoms with Crippen LogP contribution in [0.4, 0.5) is 0 Å². The number of rotatable bonds is 11. The Balaban J connectivity index is 1.09. The molecule has 5 aliphatic rings. The maximum absolute atomic E-state index is 11.4. The van der Waals surface area contributed by atoms with E-state index in [9.17, 15) is 5.11 Å². The molecule has 6 unspecified atom stereocenters. The van der Waals surface area contributed by atoms with Gasteiger partial charge in [-0.25, -0.2) is 0 Å². The van der Waals surface area contributed by atoms with Crippen LogP contribution in [0.1, 0.15) is 122 Å². The molecule has 1 spiro atoms. The van der Waals surface area contributed by atoms with Crippen molar-refractivity contribution in [2.24, 2.45) is 35.0 Å². The van der Waals surface area contributed by atoms with Gasteiger partial charge in [0.2, 0.25) is 0 Å². The summed E-state index contributed by atoms with van der Waals surface area (Å²) >= 11 is 0. The predicted octanol–water partition coefficient (Wildman–Crippen LogP) is 7.81. The highest BCUT2D eigenvalue weighted by Crippen LogP contribution is 2.64. The molecule has 5 nitrogen and oxygen atoms in total. The molecule has 0 radical (unpaired) electrons. The van der Waals surface area contributed by atoms with E-state index in [-0.39, 0.29) is 17.3 Å². The molecular weight excluding hydrogens is 510 g/mol. The molecule has 0 aromatic heterocycles. The zero-order valence-electron chi connectivity index (χ0n) is 26.1. The monoisotopic (exact) mass is 567 g/mol. The molecule has 1 heterocycles. The van der Waals surface area contributed by atoms with Gasteiger partial charge < -0.3 is 24.6 Å². The zero-order chi connectivity index (χ0) is 28.5. The average molecular weight is 568 g/mol. The fourth-order valence-electron chi connectivity index (χ4n) is 10.5. The van der Waals surface area contributed by atoms with E-state index in [1.807, 2.05) is 0 Å². The molecule has 0 amide bonds. The number of hydrogen-bond donors (Lipinski definition) is 2. The third kappa shape index (κ3) is 5.87. The van der Waals surface area contributed by atoms with Crippen molar-refractivity contribution in [3.05, 3.63) is 29.8 Å². The van der Waals surface area contributed by atoms with E-state index in [0.717, 1.165) is 94.0 Å². The molecule has 230 valence electrons. The first kappa shape index (κ1) is 29.9. The van der Waals surface area contributed by atoms with Crippen LogP contribution in [0.3, 0.4) is 0 Å². The molecular formula is C36H57NO4. The highest BCUT2D eigenvalue weighted by atomic mass is 16.7. The lowest BCUT2D eigenvalue weighted by molar-refractivity contribution is -0.210. The van der Waals surface area contributed by atoms with E-state index in [2.05, 4.69) is 50.4 Å². The van der Waals surface area contributed by atoms with Crippen molar-refractivity contribution in [3.63, 3.8) is 0 Å². The number of aliphatic hydroxyl groups is 1. The largest absolute Gasteiger partial charge is 0.494 e. The number of aliphatic hydroxyl groups excluding tert-OH is 1. The number of hydrogen-bond acceptors (Lipinski definition) is 5. The summed E-state index contributed by atoms with van der Waals surface area (Å²) in [6.45, 7) is 9.07. The lowest BCUT2D eigenvalue weighted by Crippen LogP contribution is -2.52. The first-order valence-electron chi connectivity index (χ1n) is 17.5. The van der Waals surface area contributed by atoms with Crippen molar-refractivity contribution >= 4 is 0 Å². The first-order chi connectivity index (χ1) is 20.0. The summed E-state index contributed by atoms with van der Waals surface area (Å²) in [6.07, 6.45) is 16.1. The van der Waals surface area contributed by atoms with Crippen molar-refractivity contribution in [2.75, 3.05) is 19.8 Å². The summed E-state index contributed by atoms with van der Waals surface area (Å²) in [6, 6.07) is 9.73. The molecule has 1 aromatic rings. The number of fused-ring (bicyclic) bond motifs is 5. The molecule has 8 atom stereocenters. The van der Waals surface area contributed by atoms with Gasteiger partial charge in [0.25, 0.3) is 0 Å². The van der Waals surface area contributed by atoms with Crippen LogP contribution < -0.4 is 10.1 Å². The molecule has 5 fully saturated rings. The minimum atomic E-state index is -0.259. The molecule has 0 bridgehead atoms. The highest BCUT2D eigenvalue weighted by Gasteiger charge is 2.59. The Hall–Kier alpha value is -1.14. The predicted molar refractivity (Wildman–Crippen MR) is 164 cm³/mol. The molecule has 1 saturated heterocycles. The van der Waals surface area contributed by atoms with Crippen molar-refractivity contribution < 1.29 is 19.3 Å². The quantitative estimate of drug-likeness (QED) is 0.286. The summed E-state index contributed by atoms with van der Waals surface area (Å²) < 4.78 is 18.8. The first-order valence-corrected chi connectivity index (χ1v) is 17.5. The third-order valence-corrected chi connectivity index (χ3v) is 12.5. The standard InChI is InChI=1S/C36H57NO4/c1-4-8-33(37-27(5-2)6-3)25-9-7-10-28(23-25)39-20-19-35-17-15-30-29-16-18-36(40-21-22-41-36)24-26(29)11-12-31(30)32(35)13-14-34(35)38/h7,9-10,23,26-27,29-34,37-38H,4-6,8,11-22,24H2,1-3H3/t26?,29?,30?,31?,32?,33?,34-,35+/m0/s1. The summed E-state index contributed by atoms with van der Waals surface area (Å²) in [5.74, 6) is 4.56. The molecule has 6 rings (SSSR count). The number of nitrogens with one attached hydrogen (secondary N) is 1. The van der Waals surface area contributed by atoms with Gasteiger partial charge in [-0.2, -0.15) is 0 Å². The lowest BCUT2D eigenvalue weighted by Gasteiger charge is -2.57. The van der Waals surface area contributed by atoms with Gasteiger partial charge in [-0.1, -0.05) is 39.3 Å². The zero-order valence-corrected chi connectivity index (χ0v) is 26.1. The van der Waals surface area contributed by atoms with Gasteiger partial charge in [0.15, 0.2) is 5.79 Å². The van der Waals surface area contributed by atoms with E-state index < -0.39 is 0 Å². The summed E-state index contributed by atoms with van der Waals surface area (Å²) in [4.78, 5) is 0. The topological polar surface area (TPSA) is 60.0 Å². The van der Waals surface area contributed by atoms with E-state index in [4.69, 9.17) is 14.2 Å². The minimum absolute atomic E-state index is 0.0426. The van der Waals surface area contributed by atoms with Crippen LogP contribution in [0.15, 0.2) is 24.3 Å². The third-order valence-electron chi connectivity index (χ3n) is 12.5. The van der Waals surface area contributed by atoms with Crippen LogP contribution in [-0.4, -0.2) is 42.9 Å². The molecule has 5 heteroatoms. The van der Waals surface area contributed by atoms with Gasteiger partial charge in [-0.3, -0.25) is 0 Å². The minimum Gasteiger partial charge on any atom is -0.494 e. The summed E-state index contributed by atoms with van der Waals surface area (Å²) in [5, 5.41) is 15.3. The number of ether oxygens (including phenoxy) is 3. The average Bonchev–Trinajstić information content (AvgIpc) is 3.59. The van der Waals surface area contributed by atoms with Gasteiger partial charge in [-0.05, 0) is 118 Å². The maximum Gasteiger partial charge on any atom is 0.168 e. The number of benzene rings is 1. The molecule has 1 aliphatic heterocycles. The van der Waals surface area contributed by atoms with E-state index in [1.54, 1.807) is 0 Å². The van der Waals surface area contributed by atoms with E-state index in [1.165, 1.54) is 44.1 Å². The smallest absolute Gasteiger partial charge is 0.168 e. The fraction of sp³-hybridized carbons (Fsp3) is 0.833. The Kier molecular flexibility index (Phi) is 9.37. The van der Waals surface area contributed by atoms with Crippen LogP contribution in [-0.2, 0) is 9.47 Å². The van der Waals surface area contributed by atoms with Crippen LogP contribution in [0.25, 0.3) is 0 Å². The van der Waals surface area contributed by atoms with Crippen LogP contribution in [0, 0.1) is 35.0 Å². The SMILES string of the molecule is CCCC(NC(CC)CC)c1cccc(OCC[C@]23CCC4C5CCC6(CC5CCC4C2CC[C@@H]3O)OCCO6)c1. The van der Waals surface area contributed by atoms with Crippen molar-refractivity contribution in [3.8, 4) is 5.75 Å². The van der Waals surface area contributed by atoms with Gasteiger partial charge in [0.05, 0.1) is 25.9 Å². The highest BCUT2D eigenvalue weighted by molar-refractivity contribution is 5.31. The van der Waals surface area contributed by atoms with E-state index >= 15 is 0 Å². The van der Waals surface area contributed by atoms with Crippen LogP contribution >= 0.6 is 0 Å². The Bertz CT molecular complexity index is 990.